The van der Waals surface area contributed by atoms with Gasteiger partial charge in [0.05, 0.1) is 0 Å². The Labute approximate surface area is 91.5 Å². The van der Waals surface area contributed by atoms with E-state index in [0.717, 1.165) is 29.7 Å². The molecule has 0 atom stereocenters. The van der Waals surface area contributed by atoms with Gasteiger partial charge in [-0.05, 0) is 0 Å². The van der Waals surface area contributed by atoms with Crippen molar-refractivity contribution >= 4 is 34.0 Å². The van der Waals surface area contributed by atoms with Crippen molar-refractivity contribution in [1.82, 2.24) is 4.98 Å². The van der Waals surface area contributed by atoms with E-state index in [1.54, 1.807) is 18.3 Å². The van der Waals surface area contributed by atoms with Gasteiger partial charge in [0.25, 0.3) is 0 Å². The van der Waals surface area contributed by atoms with Crippen LogP contribution in [-0.4, -0.2) is 35.4 Å². The van der Waals surface area contributed by atoms with Gasteiger partial charge in [-0.2, -0.15) is 11.8 Å². The zero-order valence-corrected chi connectivity index (χ0v) is 9.66. The molecular weight excluding hydrogens is 216 g/mol. The molecule has 0 spiro atoms. The number of anilines is 1. The molecule has 0 N–H and O–H groups in total. The van der Waals surface area contributed by atoms with Crippen molar-refractivity contribution in [2.24, 2.45) is 0 Å². The first-order chi connectivity index (χ1) is 6.77. The number of thiazole rings is 1. The first-order valence-corrected chi connectivity index (χ1v) is 6.60. The second-order valence-electron chi connectivity index (χ2n) is 3.17. The minimum atomic E-state index is 0.0545. The summed E-state index contributed by atoms with van der Waals surface area (Å²) < 4.78 is 0. The van der Waals surface area contributed by atoms with E-state index in [1.807, 2.05) is 17.1 Å². The van der Waals surface area contributed by atoms with Crippen LogP contribution < -0.4 is 4.90 Å². The van der Waals surface area contributed by atoms with Crippen LogP contribution in [0.25, 0.3) is 0 Å². The molecule has 76 valence electrons. The molecule has 1 aromatic rings. The second-order valence-corrected chi connectivity index (χ2v) is 5.23. The first kappa shape index (κ1) is 9.98. The van der Waals surface area contributed by atoms with Gasteiger partial charge in [-0.3, -0.25) is 4.79 Å². The number of ketones is 1. The summed E-state index contributed by atoms with van der Waals surface area (Å²) in [6.45, 7) is 3.66. The number of nitrogens with zero attached hydrogens (tertiary/aromatic N) is 2. The van der Waals surface area contributed by atoms with E-state index in [2.05, 4.69) is 9.88 Å². The predicted molar refractivity (Wildman–Crippen MR) is 61.7 cm³/mol. The summed E-state index contributed by atoms with van der Waals surface area (Å²) in [5.41, 5.74) is 0.600. The molecule has 1 fully saturated rings. The van der Waals surface area contributed by atoms with Crippen molar-refractivity contribution in [1.29, 1.82) is 0 Å². The second kappa shape index (κ2) is 4.31. The average molecular weight is 228 g/mol. The molecule has 1 saturated heterocycles. The van der Waals surface area contributed by atoms with Crippen molar-refractivity contribution in [3.8, 4) is 0 Å². The summed E-state index contributed by atoms with van der Waals surface area (Å²) in [5.74, 6) is 2.38. The molecule has 14 heavy (non-hydrogen) atoms. The number of rotatable bonds is 2. The van der Waals surface area contributed by atoms with Crippen molar-refractivity contribution in [3.63, 3.8) is 0 Å². The van der Waals surface area contributed by atoms with Crippen molar-refractivity contribution in [2.75, 3.05) is 29.5 Å². The molecule has 0 unspecified atom stereocenters. The smallest absolute Gasteiger partial charge is 0.186 e. The molecule has 3 nitrogen and oxygen atoms in total. The Balaban J connectivity index is 2.11. The lowest BCUT2D eigenvalue weighted by Gasteiger charge is -2.25. The third-order valence-corrected chi connectivity index (χ3v) is 3.98. The molecule has 2 heterocycles. The van der Waals surface area contributed by atoms with Crippen LogP contribution in [-0.2, 0) is 0 Å². The molecule has 0 bridgehead atoms. The number of carbonyl (C=O) groups is 1. The van der Waals surface area contributed by atoms with Crippen LogP contribution in [0.1, 0.15) is 17.4 Å². The molecule has 2 rings (SSSR count). The predicted octanol–water partition coefficient (Wildman–Crippen LogP) is 1.90. The summed E-state index contributed by atoms with van der Waals surface area (Å²) in [6.07, 6.45) is 0. The lowest BCUT2D eigenvalue weighted by atomic mass is 10.4. The van der Waals surface area contributed by atoms with Crippen molar-refractivity contribution in [3.05, 3.63) is 11.1 Å². The van der Waals surface area contributed by atoms with E-state index in [0.29, 0.717) is 5.69 Å². The van der Waals surface area contributed by atoms with E-state index < -0.39 is 0 Å². The molecule has 0 radical (unpaired) electrons. The summed E-state index contributed by atoms with van der Waals surface area (Å²) in [4.78, 5) is 17.6. The van der Waals surface area contributed by atoms with Crippen LogP contribution >= 0.6 is 23.1 Å². The maximum absolute atomic E-state index is 11.1. The summed E-state index contributed by atoms with van der Waals surface area (Å²) in [5, 5.41) is 2.84. The first-order valence-electron chi connectivity index (χ1n) is 4.56. The summed E-state index contributed by atoms with van der Waals surface area (Å²) >= 11 is 3.54. The Hall–Kier alpha value is -0.550. The Morgan fingerprint density at radius 3 is 2.79 bits per heavy atom. The van der Waals surface area contributed by atoms with Gasteiger partial charge >= 0.3 is 0 Å². The number of thioether (sulfide) groups is 1. The normalized spacial score (nSPS) is 17.1. The van der Waals surface area contributed by atoms with Gasteiger partial charge in [-0.25, -0.2) is 4.98 Å². The molecule has 1 aromatic heterocycles. The number of aromatic nitrogens is 1. The fourth-order valence-electron chi connectivity index (χ4n) is 1.33. The maximum Gasteiger partial charge on any atom is 0.186 e. The lowest BCUT2D eigenvalue weighted by molar-refractivity contribution is 0.101. The van der Waals surface area contributed by atoms with E-state index >= 15 is 0 Å². The van der Waals surface area contributed by atoms with Crippen LogP contribution in [0.5, 0.6) is 0 Å². The highest BCUT2D eigenvalue weighted by molar-refractivity contribution is 7.99. The van der Waals surface area contributed by atoms with Crippen molar-refractivity contribution in [2.45, 2.75) is 6.92 Å². The quantitative estimate of drug-likeness (QED) is 0.724. The van der Waals surface area contributed by atoms with E-state index in [1.165, 1.54) is 0 Å². The van der Waals surface area contributed by atoms with E-state index in [-0.39, 0.29) is 5.78 Å². The summed E-state index contributed by atoms with van der Waals surface area (Å²) in [7, 11) is 0. The van der Waals surface area contributed by atoms with Crippen LogP contribution in [0.15, 0.2) is 5.38 Å². The van der Waals surface area contributed by atoms with Gasteiger partial charge < -0.3 is 4.90 Å². The minimum absolute atomic E-state index is 0.0545. The fourth-order valence-corrected chi connectivity index (χ4v) is 3.15. The highest BCUT2D eigenvalue weighted by atomic mass is 32.2. The van der Waals surface area contributed by atoms with Crippen LogP contribution in [0.3, 0.4) is 0 Å². The van der Waals surface area contributed by atoms with Crippen molar-refractivity contribution < 1.29 is 4.79 Å². The van der Waals surface area contributed by atoms with E-state index in [4.69, 9.17) is 0 Å². The Bertz CT molecular complexity index is 331. The molecule has 5 heteroatoms. The topological polar surface area (TPSA) is 33.2 Å². The zero-order chi connectivity index (χ0) is 9.97. The molecule has 0 aliphatic carbocycles. The number of hydrogen-bond acceptors (Lipinski definition) is 5. The van der Waals surface area contributed by atoms with Gasteiger partial charge in [-0.15, -0.1) is 11.3 Å². The standard InChI is InChI=1S/C9H12N2OS2/c1-7(12)8-6-14-9(10-8)11-2-4-13-5-3-11/h6H,2-5H2,1H3. The Morgan fingerprint density at radius 2 is 2.21 bits per heavy atom. The van der Waals surface area contributed by atoms with Crippen LogP contribution in [0.2, 0.25) is 0 Å². The molecule has 1 aliphatic rings. The van der Waals surface area contributed by atoms with Gasteiger partial charge in [0, 0.05) is 36.9 Å². The highest BCUT2D eigenvalue weighted by Crippen LogP contribution is 2.23. The highest BCUT2D eigenvalue weighted by Gasteiger charge is 2.15. The minimum Gasteiger partial charge on any atom is -0.346 e. The number of carbonyl (C=O) groups excluding carboxylic acids is 1. The molecule has 0 saturated carbocycles. The molecule has 0 amide bonds. The Kier molecular flexibility index (Phi) is 3.08. The maximum atomic E-state index is 11.1. The van der Waals surface area contributed by atoms with Gasteiger partial charge in [0.2, 0.25) is 0 Å². The average Bonchev–Trinajstić information content (AvgIpc) is 2.68. The van der Waals surface area contributed by atoms with Gasteiger partial charge in [-0.1, -0.05) is 0 Å². The molecule has 1 aliphatic heterocycles. The summed E-state index contributed by atoms with van der Waals surface area (Å²) in [6, 6.07) is 0. The number of Topliss-reactive ketones (excluding diaryl/α,β-unsaturated/α-hetero) is 1. The monoisotopic (exact) mass is 228 g/mol. The Morgan fingerprint density at radius 1 is 1.50 bits per heavy atom. The molecular formula is C9H12N2OS2. The third kappa shape index (κ3) is 2.09. The third-order valence-electron chi connectivity index (χ3n) is 2.13. The SMILES string of the molecule is CC(=O)c1csc(N2CCSCC2)n1. The fraction of sp³-hybridized carbons (Fsp3) is 0.556. The lowest BCUT2D eigenvalue weighted by Crippen LogP contribution is -2.32. The largest absolute Gasteiger partial charge is 0.346 e. The van der Waals surface area contributed by atoms with Gasteiger partial charge in [0.1, 0.15) is 5.69 Å². The number of hydrogen-bond donors (Lipinski definition) is 0. The van der Waals surface area contributed by atoms with Crippen LogP contribution in [0, 0.1) is 0 Å². The van der Waals surface area contributed by atoms with Gasteiger partial charge in [0.15, 0.2) is 10.9 Å². The van der Waals surface area contributed by atoms with Crippen LogP contribution in [0.4, 0.5) is 5.13 Å². The molecule has 0 aromatic carbocycles. The van der Waals surface area contributed by atoms with E-state index in [9.17, 15) is 4.79 Å². The zero-order valence-electron chi connectivity index (χ0n) is 8.02.